The van der Waals surface area contributed by atoms with E-state index in [4.69, 9.17) is 4.74 Å². The first kappa shape index (κ1) is 26.1. The predicted octanol–water partition coefficient (Wildman–Crippen LogP) is 3.17. The van der Waals surface area contributed by atoms with Crippen LogP contribution in [0.25, 0.3) is 10.9 Å². The molecule has 10 nitrogen and oxygen atoms in total. The van der Waals surface area contributed by atoms with Crippen LogP contribution in [-0.2, 0) is 21.8 Å². The molecular weight excluding hydrogens is 511 g/mol. The molecule has 0 saturated carbocycles. The van der Waals surface area contributed by atoms with Crippen molar-refractivity contribution in [3.8, 4) is 0 Å². The largest absolute Gasteiger partial charge is 0.390 e. The monoisotopic (exact) mass is 541 g/mol. The van der Waals surface area contributed by atoms with Crippen molar-refractivity contribution in [1.82, 2.24) is 34.0 Å². The minimum atomic E-state index is -4.31. The number of alkyl halides is 3. The SMILES string of the molecule is Cc1cc2c(cnn2C2CCCCO2)cc1C1CN(S(=O)(=O)c2cnn(C)n2)CCN1CCC(F)(F)F. The van der Waals surface area contributed by atoms with Crippen molar-refractivity contribution < 1.29 is 26.3 Å². The third-order valence-electron chi connectivity index (χ3n) is 7.09. The lowest BCUT2D eigenvalue weighted by molar-refractivity contribution is -0.140. The highest BCUT2D eigenvalue weighted by Gasteiger charge is 2.38. The van der Waals surface area contributed by atoms with Crippen LogP contribution in [0.5, 0.6) is 0 Å². The molecule has 0 amide bonds. The molecule has 1 aromatic carbocycles. The van der Waals surface area contributed by atoms with E-state index in [1.54, 1.807) is 11.1 Å². The summed E-state index contributed by atoms with van der Waals surface area (Å²) in [4.78, 5) is 2.88. The maximum Gasteiger partial charge on any atom is 0.390 e. The summed E-state index contributed by atoms with van der Waals surface area (Å²) < 4.78 is 74.9. The van der Waals surface area contributed by atoms with Crippen LogP contribution in [0.4, 0.5) is 13.2 Å². The highest BCUT2D eigenvalue weighted by molar-refractivity contribution is 7.89. The number of halogens is 3. The molecule has 4 heterocycles. The van der Waals surface area contributed by atoms with Crippen LogP contribution >= 0.6 is 0 Å². The van der Waals surface area contributed by atoms with Gasteiger partial charge in [-0.2, -0.15) is 32.5 Å². The van der Waals surface area contributed by atoms with E-state index in [0.29, 0.717) is 6.61 Å². The van der Waals surface area contributed by atoms with E-state index in [0.717, 1.165) is 46.1 Å². The average molecular weight is 542 g/mol. The molecule has 2 unspecified atom stereocenters. The fourth-order valence-electron chi connectivity index (χ4n) is 5.15. The summed E-state index contributed by atoms with van der Waals surface area (Å²) in [5.74, 6) is 0. The summed E-state index contributed by atoms with van der Waals surface area (Å²) in [6.45, 7) is 2.57. The second-order valence-electron chi connectivity index (χ2n) is 9.63. The summed E-state index contributed by atoms with van der Waals surface area (Å²) in [6, 6.07) is 3.32. The number of piperazine rings is 1. The molecule has 2 saturated heterocycles. The van der Waals surface area contributed by atoms with Crippen LogP contribution in [0.2, 0.25) is 0 Å². The van der Waals surface area contributed by atoms with Gasteiger partial charge in [-0.1, -0.05) is 0 Å². The Morgan fingerprint density at radius 3 is 2.62 bits per heavy atom. The first-order valence-electron chi connectivity index (χ1n) is 12.3. The van der Waals surface area contributed by atoms with Gasteiger partial charge in [0.15, 0.2) is 6.23 Å². The molecule has 0 spiro atoms. The zero-order valence-corrected chi connectivity index (χ0v) is 21.5. The van der Waals surface area contributed by atoms with Crippen LogP contribution in [0, 0.1) is 6.92 Å². The van der Waals surface area contributed by atoms with E-state index in [-0.39, 0.29) is 37.4 Å². The van der Waals surface area contributed by atoms with Crippen molar-refractivity contribution in [2.24, 2.45) is 7.05 Å². The molecule has 14 heteroatoms. The summed E-state index contributed by atoms with van der Waals surface area (Å²) in [6.07, 6.45) is 0.402. The van der Waals surface area contributed by atoms with Gasteiger partial charge in [0.05, 0.1) is 24.3 Å². The number of hydrogen-bond donors (Lipinski definition) is 0. The molecule has 2 atom stereocenters. The Morgan fingerprint density at radius 2 is 1.95 bits per heavy atom. The number of benzene rings is 1. The molecule has 0 N–H and O–H groups in total. The average Bonchev–Trinajstić information content (AvgIpc) is 3.48. The quantitative estimate of drug-likeness (QED) is 0.473. The lowest BCUT2D eigenvalue weighted by atomic mass is 9.96. The highest BCUT2D eigenvalue weighted by atomic mass is 32.2. The van der Waals surface area contributed by atoms with E-state index in [9.17, 15) is 21.6 Å². The fraction of sp³-hybridized carbons (Fsp3) is 0.609. The maximum atomic E-state index is 13.3. The van der Waals surface area contributed by atoms with Gasteiger partial charge < -0.3 is 4.74 Å². The maximum absolute atomic E-state index is 13.3. The van der Waals surface area contributed by atoms with Gasteiger partial charge in [-0.25, -0.2) is 13.1 Å². The first-order chi connectivity index (χ1) is 17.5. The van der Waals surface area contributed by atoms with E-state index >= 15 is 0 Å². The molecule has 37 heavy (non-hydrogen) atoms. The number of fused-ring (bicyclic) bond motifs is 1. The summed E-state index contributed by atoms with van der Waals surface area (Å²) >= 11 is 0. The summed E-state index contributed by atoms with van der Waals surface area (Å²) in [5.41, 5.74) is 2.51. The molecule has 5 rings (SSSR count). The van der Waals surface area contributed by atoms with E-state index in [1.807, 2.05) is 23.7 Å². The van der Waals surface area contributed by atoms with Crippen LogP contribution in [0.3, 0.4) is 0 Å². The van der Waals surface area contributed by atoms with Crippen LogP contribution in [0.15, 0.2) is 29.6 Å². The number of aromatic nitrogens is 5. The second-order valence-corrected chi connectivity index (χ2v) is 11.5. The van der Waals surface area contributed by atoms with E-state index < -0.39 is 28.7 Å². The Morgan fingerprint density at radius 1 is 1.14 bits per heavy atom. The zero-order chi connectivity index (χ0) is 26.4. The van der Waals surface area contributed by atoms with Gasteiger partial charge in [-0.3, -0.25) is 4.90 Å². The third-order valence-corrected chi connectivity index (χ3v) is 8.82. The molecule has 0 aliphatic carbocycles. The summed E-state index contributed by atoms with van der Waals surface area (Å²) in [7, 11) is -2.44. The number of rotatable bonds is 6. The molecule has 0 radical (unpaired) electrons. The molecule has 2 aromatic heterocycles. The Bertz CT molecular complexity index is 1370. The molecule has 3 aromatic rings. The van der Waals surface area contributed by atoms with Gasteiger partial charge in [-0.05, 0) is 49.4 Å². The van der Waals surface area contributed by atoms with Crippen molar-refractivity contribution in [3.05, 3.63) is 35.7 Å². The Balaban J connectivity index is 1.49. The van der Waals surface area contributed by atoms with Crippen LogP contribution in [0.1, 0.15) is 49.1 Å². The fourth-order valence-corrected chi connectivity index (χ4v) is 6.47. The topological polar surface area (TPSA) is 98.4 Å². The second kappa shape index (κ2) is 9.97. The lowest BCUT2D eigenvalue weighted by Crippen LogP contribution is -2.51. The number of sulfonamides is 1. The van der Waals surface area contributed by atoms with Crippen LogP contribution in [-0.4, -0.2) is 81.4 Å². The number of aryl methyl sites for hydroxylation is 2. The first-order valence-corrected chi connectivity index (χ1v) is 13.7. The van der Waals surface area contributed by atoms with Gasteiger partial charge in [0.2, 0.25) is 5.03 Å². The Kier molecular flexibility index (Phi) is 7.02. The summed E-state index contributed by atoms with van der Waals surface area (Å²) in [5, 5.41) is 13.0. The Hall–Kier alpha value is -2.55. The molecule has 202 valence electrons. The van der Waals surface area contributed by atoms with Crippen molar-refractivity contribution in [2.75, 3.05) is 32.8 Å². The van der Waals surface area contributed by atoms with Gasteiger partial charge in [0.1, 0.15) is 0 Å². The van der Waals surface area contributed by atoms with Crippen molar-refractivity contribution in [2.45, 2.75) is 56.1 Å². The van der Waals surface area contributed by atoms with Gasteiger partial charge in [-0.15, -0.1) is 5.10 Å². The highest BCUT2D eigenvalue weighted by Crippen LogP contribution is 2.35. The van der Waals surface area contributed by atoms with Gasteiger partial charge >= 0.3 is 6.18 Å². The lowest BCUT2D eigenvalue weighted by Gasteiger charge is -2.41. The molecule has 0 bridgehead atoms. The third kappa shape index (κ3) is 5.38. The molecular formula is C23H30F3N7O3S. The van der Waals surface area contributed by atoms with E-state index in [1.165, 1.54) is 17.5 Å². The smallest absolute Gasteiger partial charge is 0.356 e. The Labute approximate surface area is 213 Å². The number of hydrogen-bond acceptors (Lipinski definition) is 7. The minimum Gasteiger partial charge on any atom is -0.356 e. The van der Waals surface area contributed by atoms with E-state index in [2.05, 4.69) is 15.3 Å². The van der Waals surface area contributed by atoms with Crippen molar-refractivity contribution >= 4 is 20.9 Å². The standard InChI is InChI=1S/C23H30F3N7O3S/c1-16-11-19-17(13-28-33(19)22-5-3-4-10-36-22)12-18(16)20-15-32(9-8-31(20)7-6-23(24,25)26)37(34,35)21-14-27-30(2)29-21/h11-14,20,22H,3-10,15H2,1-2H3. The van der Waals surface area contributed by atoms with Gasteiger partial charge in [0.25, 0.3) is 10.0 Å². The predicted molar refractivity (Wildman–Crippen MR) is 128 cm³/mol. The van der Waals surface area contributed by atoms with Crippen molar-refractivity contribution in [3.63, 3.8) is 0 Å². The van der Waals surface area contributed by atoms with Gasteiger partial charge in [0, 0.05) is 51.3 Å². The number of ether oxygens (including phenoxy) is 1. The molecule has 2 aliphatic rings. The molecule has 2 aliphatic heterocycles. The van der Waals surface area contributed by atoms with Crippen LogP contribution < -0.4 is 0 Å². The zero-order valence-electron chi connectivity index (χ0n) is 20.7. The molecule has 2 fully saturated rings. The number of nitrogens with zero attached hydrogens (tertiary/aromatic N) is 7. The van der Waals surface area contributed by atoms with Crippen molar-refractivity contribution in [1.29, 1.82) is 0 Å². The minimum absolute atomic E-state index is 0.00296. The normalized spacial score (nSPS) is 22.6.